The first-order chi connectivity index (χ1) is 16.7. The molecule has 0 aromatic heterocycles. The second-order valence-corrected chi connectivity index (χ2v) is 9.03. The Kier molecular flexibility index (Phi) is 8.62. The molecule has 0 bridgehead atoms. The van der Waals surface area contributed by atoms with Gasteiger partial charge in [0.05, 0.1) is 5.75 Å². The molecule has 9 heteroatoms. The Morgan fingerprint density at radius 3 is 2.40 bits per heavy atom. The number of thioether (sulfide) groups is 1. The third-order valence-corrected chi connectivity index (χ3v) is 6.56. The highest BCUT2D eigenvalue weighted by Gasteiger charge is 2.34. The Labute approximate surface area is 206 Å². The number of amides is 1. The van der Waals surface area contributed by atoms with Crippen LogP contribution < -0.4 is 10.6 Å². The van der Waals surface area contributed by atoms with Crippen molar-refractivity contribution < 1.29 is 29.0 Å². The summed E-state index contributed by atoms with van der Waals surface area (Å²) in [5.41, 5.74) is 9.25. The summed E-state index contributed by atoms with van der Waals surface area (Å²) in [5.74, 6) is -0.755. The lowest BCUT2D eigenvalue weighted by Gasteiger charge is -2.26. The van der Waals surface area contributed by atoms with Gasteiger partial charge in [-0.2, -0.15) is 0 Å². The van der Waals surface area contributed by atoms with Gasteiger partial charge in [-0.15, -0.1) is 11.8 Å². The van der Waals surface area contributed by atoms with E-state index in [1.54, 1.807) is 47.4 Å². The molecule has 0 radical (unpaired) electrons. The van der Waals surface area contributed by atoms with Crippen LogP contribution in [0.2, 0.25) is 0 Å². The van der Waals surface area contributed by atoms with Gasteiger partial charge in [-0.1, -0.05) is 24.3 Å². The van der Waals surface area contributed by atoms with Crippen molar-refractivity contribution in [3.63, 3.8) is 0 Å². The fraction of sp³-hybridized carbons (Fsp3) is 0.192. The first-order valence-corrected chi connectivity index (χ1v) is 11.8. The van der Waals surface area contributed by atoms with Crippen LogP contribution >= 0.6 is 11.8 Å². The molecule has 1 fully saturated rings. The van der Waals surface area contributed by atoms with Crippen LogP contribution in [0, 0.1) is 12.7 Å². The van der Waals surface area contributed by atoms with E-state index in [2.05, 4.69) is 0 Å². The second kappa shape index (κ2) is 11.6. The monoisotopic (exact) mass is 496 g/mol. The zero-order valence-electron chi connectivity index (χ0n) is 18.9. The molecule has 1 amide bonds. The molecule has 2 atom stereocenters. The minimum Gasteiger partial charge on any atom is -0.508 e. The maximum atomic E-state index is 13.1. The highest BCUT2D eigenvalue weighted by Crippen LogP contribution is 2.42. The van der Waals surface area contributed by atoms with Crippen molar-refractivity contribution in [1.29, 1.82) is 0 Å². The molecule has 1 saturated heterocycles. The second-order valence-electron chi connectivity index (χ2n) is 7.96. The summed E-state index contributed by atoms with van der Waals surface area (Å²) < 4.78 is 13.1. The molecular formula is C26H25FN2O5S. The number of aldehydes is 1. The quantitative estimate of drug-likeness (QED) is 0.440. The molecule has 2 unspecified atom stereocenters. The first-order valence-electron chi connectivity index (χ1n) is 10.7. The molecule has 0 spiro atoms. The summed E-state index contributed by atoms with van der Waals surface area (Å²) in [7, 11) is 0. The number of benzene rings is 3. The molecule has 0 saturated carbocycles. The molecule has 1 heterocycles. The van der Waals surface area contributed by atoms with Crippen LogP contribution in [-0.4, -0.2) is 40.2 Å². The zero-order valence-corrected chi connectivity index (χ0v) is 19.7. The number of hydrogen-bond donors (Lipinski definition) is 3. The molecule has 3 aromatic rings. The predicted octanol–water partition coefficient (Wildman–Crippen LogP) is 4.07. The van der Waals surface area contributed by atoms with E-state index in [0.717, 1.165) is 28.7 Å². The lowest BCUT2D eigenvalue weighted by Crippen LogP contribution is -2.32. The van der Waals surface area contributed by atoms with Gasteiger partial charge in [0.25, 0.3) is 0 Å². The topological polar surface area (TPSA) is 121 Å². The van der Waals surface area contributed by atoms with Crippen LogP contribution in [0.25, 0.3) is 0 Å². The summed E-state index contributed by atoms with van der Waals surface area (Å²) in [5, 5.41) is 17.3. The maximum absolute atomic E-state index is 13.1. The Balaban J connectivity index is 0.000000225. The number of nitrogens with zero attached hydrogens (tertiary/aromatic N) is 1. The lowest BCUT2D eigenvalue weighted by atomic mass is 10.1. The van der Waals surface area contributed by atoms with Crippen molar-refractivity contribution in [2.45, 2.75) is 24.8 Å². The van der Waals surface area contributed by atoms with Gasteiger partial charge in [0.15, 0.2) is 0 Å². The van der Waals surface area contributed by atoms with Crippen LogP contribution in [-0.2, 0) is 16.0 Å². The van der Waals surface area contributed by atoms with Gasteiger partial charge in [0.2, 0.25) is 5.91 Å². The van der Waals surface area contributed by atoms with Crippen molar-refractivity contribution in [2.75, 3.05) is 10.7 Å². The van der Waals surface area contributed by atoms with E-state index in [0.29, 0.717) is 11.3 Å². The number of carbonyl (C=O) groups excluding carboxylic acids is 2. The molecular weight excluding hydrogens is 471 g/mol. The van der Waals surface area contributed by atoms with Gasteiger partial charge in [0.1, 0.15) is 29.3 Å². The van der Waals surface area contributed by atoms with Crippen molar-refractivity contribution in [3.05, 3.63) is 94.8 Å². The number of aromatic hydroxyl groups is 1. The van der Waals surface area contributed by atoms with E-state index in [-0.39, 0.29) is 29.3 Å². The van der Waals surface area contributed by atoms with Gasteiger partial charge >= 0.3 is 5.97 Å². The number of hydrogen-bond acceptors (Lipinski definition) is 6. The molecule has 3 aromatic carbocycles. The van der Waals surface area contributed by atoms with Crippen molar-refractivity contribution in [2.24, 2.45) is 5.73 Å². The Bertz CT molecular complexity index is 1200. The van der Waals surface area contributed by atoms with Crippen molar-refractivity contribution >= 4 is 35.6 Å². The van der Waals surface area contributed by atoms with E-state index >= 15 is 0 Å². The largest absolute Gasteiger partial charge is 0.508 e. The van der Waals surface area contributed by atoms with Crippen molar-refractivity contribution in [1.82, 2.24) is 0 Å². The van der Waals surface area contributed by atoms with Gasteiger partial charge in [-0.3, -0.25) is 19.3 Å². The van der Waals surface area contributed by atoms with Gasteiger partial charge in [0, 0.05) is 11.3 Å². The number of aliphatic carboxylic acids is 1. The zero-order chi connectivity index (χ0) is 25.5. The lowest BCUT2D eigenvalue weighted by molar-refractivity contribution is -0.138. The van der Waals surface area contributed by atoms with Crippen LogP contribution in [0.4, 0.5) is 10.1 Å². The number of nitrogens with two attached hydrogens (primary N) is 1. The maximum Gasteiger partial charge on any atom is 0.320 e. The van der Waals surface area contributed by atoms with Crippen LogP contribution in [0.15, 0.2) is 66.7 Å². The third kappa shape index (κ3) is 6.68. The summed E-state index contributed by atoms with van der Waals surface area (Å²) in [4.78, 5) is 35.3. The van der Waals surface area contributed by atoms with E-state index < -0.39 is 12.0 Å². The smallest absolute Gasteiger partial charge is 0.320 e. The van der Waals surface area contributed by atoms with Gasteiger partial charge < -0.3 is 15.9 Å². The SMILES string of the molecule is Cc1cc(C=O)ccc1N1C(=O)CSC1c1ccc(F)cc1.NC(Cc1ccc(O)cc1)C(=O)O. The van der Waals surface area contributed by atoms with E-state index in [1.807, 2.05) is 6.92 Å². The van der Waals surface area contributed by atoms with Crippen LogP contribution in [0.3, 0.4) is 0 Å². The molecule has 4 rings (SSSR count). The summed E-state index contributed by atoms with van der Waals surface area (Å²) in [6.45, 7) is 1.88. The van der Waals surface area contributed by atoms with E-state index in [1.165, 1.54) is 36.0 Å². The fourth-order valence-corrected chi connectivity index (χ4v) is 4.72. The molecule has 4 N–H and O–H groups in total. The number of carbonyl (C=O) groups is 3. The van der Waals surface area contributed by atoms with E-state index in [4.69, 9.17) is 15.9 Å². The molecule has 7 nitrogen and oxygen atoms in total. The number of carboxylic acids is 1. The van der Waals surface area contributed by atoms with Gasteiger partial charge in [-0.25, -0.2) is 4.39 Å². The van der Waals surface area contributed by atoms with Crippen molar-refractivity contribution in [3.8, 4) is 5.75 Å². The molecule has 35 heavy (non-hydrogen) atoms. The average molecular weight is 497 g/mol. The molecule has 0 aliphatic carbocycles. The standard InChI is InChI=1S/C17H14FNO2S.C9H11NO3/c1-11-8-12(9-20)2-7-15(11)19-16(21)10-22-17(19)13-3-5-14(18)6-4-13;10-8(9(12)13)5-6-1-3-7(11)4-2-6/h2-9,17H,10H2,1H3;1-4,8,11H,5,10H2,(H,12,13). The number of anilines is 1. The minimum atomic E-state index is -1.02. The van der Waals surface area contributed by atoms with Crippen LogP contribution in [0.5, 0.6) is 5.75 Å². The number of halogens is 1. The Hall–Kier alpha value is -3.69. The molecule has 182 valence electrons. The number of phenolic OH excluding ortho intramolecular Hbond substituents is 1. The Morgan fingerprint density at radius 1 is 1.17 bits per heavy atom. The highest BCUT2D eigenvalue weighted by atomic mass is 32.2. The highest BCUT2D eigenvalue weighted by molar-refractivity contribution is 8.00. The van der Waals surface area contributed by atoms with Gasteiger partial charge in [-0.05, 0) is 72.5 Å². The van der Waals surface area contributed by atoms with E-state index in [9.17, 15) is 18.8 Å². The average Bonchev–Trinajstić information content (AvgIpc) is 3.22. The Morgan fingerprint density at radius 2 is 1.83 bits per heavy atom. The van der Waals surface area contributed by atoms with Crippen LogP contribution in [0.1, 0.15) is 32.4 Å². The predicted molar refractivity (Wildman–Crippen MR) is 133 cm³/mol. The number of phenols is 1. The fourth-order valence-electron chi connectivity index (χ4n) is 3.55. The minimum absolute atomic E-state index is 0.0151. The summed E-state index contributed by atoms with van der Waals surface area (Å²) in [6.07, 6.45) is 1.06. The number of carboxylic acid groups (broad SMARTS) is 1. The summed E-state index contributed by atoms with van der Waals surface area (Å²) in [6, 6.07) is 16.9. The normalized spacial score (nSPS) is 15.8. The summed E-state index contributed by atoms with van der Waals surface area (Å²) >= 11 is 1.52. The first kappa shape index (κ1) is 25.9. The number of aryl methyl sites for hydroxylation is 1. The molecule has 1 aliphatic heterocycles. The number of rotatable bonds is 6. The molecule has 1 aliphatic rings. The third-order valence-electron chi connectivity index (χ3n) is 5.35.